The molecule has 2 aromatic rings. The van der Waals surface area contributed by atoms with E-state index in [1.54, 1.807) is 16.4 Å². The molecule has 1 amide bonds. The van der Waals surface area contributed by atoms with Crippen molar-refractivity contribution in [3.8, 4) is 0 Å². The highest BCUT2D eigenvalue weighted by atomic mass is 32.2. The number of fused-ring (bicyclic) bond motifs is 1. The standard InChI is InChI=1S/C21H25F4N7OS.CH4O/c1-12(2)32(27)19(30-26)17-4-3-5-18(28-17)29-20(33)15-8-13-10-31(11-14(13)9-16(15)22)34-7-6-21(23,24)25;1-2/h3-5,8-9,12H,6-7,10-11,26-27H2,1-2H3,(H,28,29,33);2H,1H3/b30-19-;. The summed E-state index contributed by atoms with van der Waals surface area (Å²) in [5.74, 6) is 10.2. The summed E-state index contributed by atoms with van der Waals surface area (Å²) in [5, 5.41) is 14.5. The molecule has 0 spiro atoms. The van der Waals surface area contributed by atoms with Gasteiger partial charge in [-0.3, -0.25) is 9.80 Å². The third-order valence-electron chi connectivity index (χ3n) is 5.03. The van der Waals surface area contributed by atoms with Gasteiger partial charge in [0.1, 0.15) is 17.3 Å². The fraction of sp³-hybridized carbons (Fsp3) is 0.409. The number of amides is 1. The van der Waals surface area contributed by atoms with E-state index in [0.717, 1.165) is 19.1 Å². The first-order valence-electron chi connectivity index (χ1n) is 10.8. The molecule has 1 aliphatic heterocycles. The number of rotatable bonds is 7. The Balaban J connectivity index is 0.00000222. The quantitative estimate of drug-likeness (QED) is 0.107. The Labute approximate surface area is 210 Å². The molecule has 0 unspecified atom stereocenters. The highest BCUT2D eigenvalue weighted by Gasteiger charge is 2.29. The zero-order valence-corrected chi connectivity index (χ0v) is 20.8. The highest BCUT2D eigenvalue weighted by molar-refractivity contribution is 7.96. The van der Waals surface area contributed by atoms with E-state index >= 15 is 0 Å². The fourth-order valence-electron chi connectivity index (χ4n) is 3.27. The number of nitrogens with one attached hydrogen (secondary N) is 1. The number of aliphatic hydroxyl groups is 1. The number of alkyl halides is 3. The second-order valence-corrected chi connectivity index (χ2v) is 9.10. The van der Waals surface area contributed by atoms with Gasteiger partial charge >= 0.3 is 6.18 Å². The molecule has 9 nitrogen and oxygen atoms in total. The molecule has 0 saturated heterocycles. The van der Waals surface area contributed by atoms with E-state index in [9.17, 15) is 22.4 Å². The number of carbonyl (C=O) groups excluding carboxylic acids is 1. The van der Waals surface area contributed by atoms with Gasteiger partial charge in [-0.2, -0.15) is 18.3 Å². The summed E-state index contributed by atoms with van der Waals surface area (Å²) in [6, 6.07) is 7.30. The first-order chi connectivity index (χ1) is 17.0. The number of benzene rings is 1. The Morgan fingerprint density at radius 2 is 1.92 bits per heavy atom. The molecular formula is C22H29F4N7O2S. The lowest BCUT2D eigenvalue weighted by Gasteiger charge is -2.23. The number of hydrogen-bond acceptors (Lipinski definition) is 8. The molecule has 0 radical (unpaired) electrons. The van der Waals surface area contributed by atoms with Gasteiger partial charge in [0.05, 0.1) is 12.0 Å². The van der Waals surface area contributed by atoms with Crippen LogP contribution in [0.1, 0.15) is 47.4 Å². The number of anilines is 1. The number of aliphatic hydroxyl groups excluding tert-OH is 1. The number of hydrogen-bond donors (Lipinski definition) is 4. The number of pyridine rings is 1. The molecule has 6 N–H and O–H groups in total. The Hall–Kier alpha value is -2.94. The summed E-state index contributed by atoms with van der Waals surface area (Å²) in [6.07, 6.45) is -5.13. The van der Waals surface area contributed by atoms with E-state index in [2.05, 4.69) is 15.4 Å². The average Bonchev–Trinajstić information content (AvgIpc) is 3.21. The van der Waals surface area contributed by atoms with Gasteiger partial charge in [-0.05, 0) is 49.2 Å². The Bertz CT molecular complexity index is 1080. The number of carbonyl (C=O) groups is 1. The van der Waals surface area contributed by atoms with Crippen LogP contribution in [0.2, 0.25) is 0 Å². The van der Waals surface area contributed by atoms with Crippen molar-refractivity contribution in [1.29, 1.82) is 0 Å². The maximum Gasteiger partial charge on any atom is 0.389 e. The molecule has 198 valence electrons. The number of nitrogens with two attached hydrogens (primary N) is 2. The second-order valence-electron chi connectivity index (χ2n) is 7.91. The minimum atomic E-state index is -4.23. The van der Waals surface area contributed by atoms with E-state index in [1.807, 2.05) is 13.8 Å². The van der Waals surface area contributed by atoms with E-state index in [1.165, 1.54) is 23.2 Å². The Morgan fingerprint density at radius 1 is 1.28 bits per heavy atom. The molecule has 0 saturated carbocycles. The monoisotopic (exact) mass is 531 g/mol. The molecule has 3 rings (SSSR count). The summed E-state index contributed by atoms with van der Waals surface area (Å²) < 4.78 is 53.5. The van der Waals surface area contributed by atoms with Crippen molar-refractivity contribution in [3.05, 3.63) is 58.5 Å². The van der Waals surface area contributed by atoms with Crippen LogP contribution in [0.5, 0.6) is 0 Å². The van der Waals surface area contributed by atoms with E-state index in [4.69, 9.17) is 16.8 Å². The van der Waals surface area contributed by atoms with Crippen LogP contribution >= 0.6 is 11.9 Å². The third kappa shape index (κ3) is 7.78. The van der Waals surface area contributed by atoms with Crippen LogP contribution in [-0.2, 0) is 13.1 Å². The molecule has 36 heavy (non-hydrogen) atoms. The van der Waals surface area contributed by atoms with Crippen LogP contribution in [0.25, 0.3) is 0 Å². The number of aromatic nitrogens is 1. The first kappa shape index (κ1) is 29.3. The van der Waals surface area contributed by atoms with Crippen LogP contribution in [0.4, 0.5) is 23.4 Å². The number of amidine groups is 1. The maximum atomic E-state index is 14.7. The molecular weight excluding hydrogens is 502 g/mol. The Morgan fingerprint density at radius 3 is 2.50 bits per heavy atom. The lowest BCUT2D eigenvalue weighted by atomic mass is 10.1. The van der Waals surface area contributed by atoms with Crippen LogP contribution in [0.3, 0.4) is 0 Å². The molecule has 0 aliphatic carbocycles. The zero-order valence-electron chi connectivity index (χ0n) is 20.0. The van der Waals surface area contributed by atoms with Crippen LogP contribution in [0.15, 0.2) is 35.4 Å². The normalized spacial score (nSPS) is 13.8. The van der Waals surface area contributed by atoms with Gasteiger partial charge < -0.3 is 16.3 Å². The van der Waals surface area contributed by atoms with Gasteiger partial charge in [-0.1, -0.05) is 18.0 Å². The summed E-state index contributed by atoms with van der Waals surface area (Å²) in [6.45, 7) is 4.28. The molecule has 2 heterocycles. The predicted octanol–water partition coefficient (Wildman–Crippen LogP) is 3.20. The third-order valence-corrected chi connectivity index (χ3v) is 6.04. The van der Waals surface area contributed by atoms with Crippen molar-refractivity contribution < 1.29 is 27.5 Å². The fourth-order valence-corrected chi connectivity index (χ4v) is 4.31. The lowest BCUT2D eigenvalue weighted by molar-refractivity contribution is -0.129. The van der Waals surface area contributed by atoms with E-state index in [-0.39, 0.29) is 29.0 Å². The van der Waals surface area contributed by atoms with Crippen molar-refractivity contribution >= 4 is 29.5 Å². The molecule has 0 atom stereocenters. The number of nitrogens with zero attached hydrogens (tertiary/aromatic N) is 4. The minimum absolute atomic E-state index is 0.117. The molecule has 1 aromatic carbocycles. The SMILES string of the molecule is CC(C)N(N)/C(=N\N)c1cccc(NC(=O)c2cc3c(cc2F)CN(SCCC(F)(F)F)C3)n1.CO. The topological polar surface area (TPSA) is 133 Å². The van der Waals surface area contributed by atoms with Crippen molar-refractivity contribution in [2.45, 2.75) is 45.6 Å². The van der Waals surface area contributed by atoms with Crippen molar-refractivity contribution in [1.82, 2.24) is 14.3 Å². The molecule has 0 fully saturated rings. The van der Waals surface area contributed by atoms with Gasteiger partial charge in [-0.15, -0.1) is 0 Å². The van der Waals surface area contributed by atoms with E-state index in [0.29, 0.717) is 29.9 Å². The molecule has 1 aromatic heterocycles. The molecule has 1 aliphatic rings. The summed E-state index contributed by atoms with van der Waals surface area (Å²) >= 11 is 1.05. The first-order valence-corrected chi connectivity index (χ1v) is 11.7. The smallest absolute Gasteiger partial charge is 0.389 e. The van der Waals surface area contributed by atoms with Gasteiger partial charge in [0.2, 0.25) is 0 Å². The van der Waals surface area contributed by atoms with Crippen molar-refractivity contribution in [3.63, 3.8) is 0 Å². The summed E-state index contributed by atoms with van der Waals surface area (Å²) in [4.78, 5) is 17.1. The van der Waals surface area contributed by atoms with Crippen LogP contribution in [0, 0.1) is 5.82 Å². The van der Waals surface area contributed by atoms with Crippen LogP contribution < -0.4 is 17.0 Å². The minimum Gasteiger partial charge on any atom is -0.400 e. The summed E-state index contributed by atoms with van der Waals surface area (Å²) in [5.41, 5.74) is 1.44. The lowest BCUT2D eigenvalue weighted by Crippen LogP contribution is -2.44. The maximum absolute atomic E-state index is 14.7. The summed E-state index contributed by atoms with van der Waals surface area (Å²) in [7, 11) is 1.00. The van der Waals surface area contributed by atoms with Gasteiger partial charge in [0.25, 0.3) is 5.91 Å². The Kier molecular flexibility index (Phi) is 10.5. The largest absolute Gasteiger partial charge is 0.400 e. The van der Waals surface area contributed by atoms with Crippen LogP contribution in [-0.4, -0.2) is 56.2 Å². The van der Waals surface area contributed by atoms with Crippen molar-refractivity contribution in [2.24, 2.45) is 16.8 Å². The van der Waals surface area contributed by atoms with Gasteiger partial charge in [0, 0.05) is 32.0 Å². The number of halogens is 4. The highest BCUT2D eigenvalue weighted by Crippen LogP contribution is 2.32. The predicted molar refractivity (Wildman–Crippen MR) is 131 cm³/mol. The average molecular weight is 532 g/mol. The van der Waals surface area contributed by atoms with E-state index < -0.39 is 24.3 Å². The molecule has 0 bridgehead atoms. The van der Waals surface area contributed by atoms with Gasteiger partial charge in [0.15, 0.2) is 5.84 Å². The van der Waals surface area contributed by atoms with Gasteiger partial charge in [-0.25, -0.2) is 19.5 Å². The van der Waals surface area contributed by atoms with Crippen molar-refractivity contribution in [2.75, 3.05) is 18.2 Å². The zero-order chi connectivity index (χ0) is 27.0. The second kappa shape index (κ2) is 12.9. The molecule has 14 heteroatoms. The number of hydrazine groups is 1. The number of hydrazone groups is 1.